The molecule has 0 aliphatic carbocycles. The van der Waals surface area contributed by atoms with Crippen molar-refractivity contribution in [3.05, 3.63) is 132 Å². The van der Waals surface area contributed by atoms with E-state index in [0.29, 0.717) is 10.4 Å². The van der Waals surface area contributed by atoms with E-state index in [0.717, 1.165) is 27.7 Å². The van der Waals surface area contributed by atoms with E-state index in [2.05, 4.69) is 10.6 Å². The Morgan fingerprint density at radius 1 is 0.818 bits per heavy atom. The number of benzene rings is 4. The van der Waals surface area contributed by atoms with Crippen LogP contribution in [0.5, 0.6) is 5.75 Å². The van der Waals surface area contributed by atoms with Crippen molar-refractivity contribution in [3.63, 3.8) is 0 Å². The first-order chi connectivity index (χ1) is 21.4. The monoisotopic (exact) mass is 627 g/mol. The minimum absolute atomic E-state index is 0.0640. The van der Waals surface area contributed by atoms with E-state index in [-0.39, 0.29) is 19.1 Å². The molecule has 2 atom stereocenters. The second kappa shape index (κ2) is 14.3. The van der Waals surface area contributed by atoms with E-state index in [9.17, 15) is 19.5 Å². The van der Waals surface area contributed by atoms with Gasteiger partial charge < -0.3 is 25.2 Å². The first kappa shape index (κ1) is 30.9. The van der Waals surface area contributed by atoms with Crippen molar-refractivity contribution < 1.29 is 29.0 Å². The van der Waals surface area contributed by atoms with E-state index in [4.69, 9.17) is 9.47 Å². The number of amides is 2. The fourth-order valence-corrected chi connectivity index (χ4v) is 11.7. The molecule has 4 aromatic rings. The second-order valence-corrected chi connectivity index (χ2v) is 14.5. The van der Waals surface area contributed by atoms with Crippen LogP contribution >= 0.6 is 19.0 Å². The van der Waals surface area contributed by atoms with E-state index in [1.807, 2.05) is 97.1 Å². The third-order valence-electron chi connectivity index (χ3n) is 6.94. The summed E-state index contributed by atoms with van der Waals surface area (Å²) in [6.45, 7) is 1.45. The van der Waals surface area contributed by atoms with E-state index < -0.39 is 36.3 Å². The standard InChI is InChI=1S/C34H31N2O6PS/c1-2-41-33(40)30(38)34(44-32-29(31(39)36-32)35-28(37)23-42-24-15-7-3-8-16-24)43(25-17-9-4-10-18-25,26-19-11-5-12-20-26)27-21-13-6-14-22-27/h3-22,29,32H,2,23H2,1H3,(H2-,35,36,37,38,39)/p+1/t29-,32-/m0/s1. The van der Waals surface area contributed by atoms with Crippen molar-refractivity contribution in [2.24, 2.45) is 0 Å². The molecule has 1 aliphatic heterocycles. The highest BCUT2D eigenvalue weighted by Crippen LogP contribution is 2.67. The van der Waals surface area contributed by atoms with Gasteiger partial charge in [-0.2, -0.15) is 0 Å². The lowest BCUT2D eigenvalue weighted by atomic mass is 10.1. The van der Waals surface area contributed by atoms with Crippen LogP contribution in [0, 0.1) is 0 Å². The lowest BCUT2D eigenvalue weighted by Gasteiger charge is -2.38. The minimum Gasteiger partial charge on any atom is -0.499 e. The number of carbonyl (C=O) groups is 3. The largest absolute Gasteiger partial charge is 0.499 e. The Morgan fingerprint density at radius 3 is 1.75 bits per heavy atom. The lowest BCUT2D eigenvalue weighted by molar-refractivity contribution is -0.141. The van der Waals surface area contributed by atoms with Gasteiger partial charge in [0.25, 0.3) is 11.7 Å². The zero-order valence-electron chi connectivity index (χ0n) is 24.0. The van der Waals surface area contributed by atoms with Crippen LogP contribution in [0.15, 0.2) is 132 Å². The van der Waals surface area contributed by atoms with Gasteiger partial charge in [0.05, 0.1) is 6.61 Å². The highest BCUT2D eigenvalue weighted by molar-refractivity contribution is 8.19. The predicted molar refractivity (Wildman–Crippen MR) is 175 cm³/mol. The molecule has 0 bridgehead atoms. The molecule has 224 valence electrons. The number of aliphatic hydroxyl groups excluding tert-OH is 1. The smallest absolute Gasteiger partial charge is 0.378 e. The van der Waals surface area contributed by atoms with Crippen molar-refractivity contribution in [2.45, 2.75) is 18.3 Å². The molecule has 1 aliphatic rings. The van der Waals surface area contributed by atoms with Gasteiger partial charge in [-0.3, -0.25) is 9.59 Å². The lowest BCUT2D eigenvalue weighted by Crippen LogP contribution is -2.68. The quantitative estimate of drug-likeness (QED) is 0.0715. The molecular weight excluding hydrogens is 595 g/mol. The van der Waals surface area contributed by atoms with Crippen molar-refractivity contribution >= 4 is 52.7 Å². The van der Waals surface area contributed by atoms with Crippen LogP contribution in [0.2, 0.25) is 0 Å². The zero-order valence-corrected chi connectivity index (χ0v) is 25.7. The van der Waals surface area contributed by atoms with Gasteiger partial charge in [-0.05, 0) is 55.5 Å². The van der Waals surface area contributed by atoms with E-state index in [1.54, 1.807) is 31.2 Å². The van der Waals surface area contributed by atoms with Gasteiger partial charge >= 0.3 is 5.97 Å². The van der Waals surface area contributed by atoms with Gasteiger partial charge in [0.1, 0.15) is 33.1 Å². The number of β-lactam (4-membered cyclic amide) rings is 1. The number of nitrogens with one attached hydrogen (secondary N) is 2. The Labute approximate surface area is 260 Å². The highest BCUT2D eigenvalue weighted by atomic mass is 32.2. The summed E-state index contributed by atoms with van der Waals surface area (Å²) in [5, 5.41) is 19.3. The SMILES string of the molecule is CCOC(=O)C(O)=C(S[C@@H]1NC(=O)[C@@H]1NC(=O)COc1ccccc1)[P+](c1ccccc1)(c1ccccc1)c1ccccc1. The average molecular weight is 628 g/mol. The molecule has 10 heteroatoms. The van der Waals surface area contributed by atoms with Gasteiger partial charge in [0.2, 0.25) is 5.91 Å². The van der Waals surface area contributed by atoms with Crippen LogP contribution in [-0.2, 0) is 19.1 Å². The molecule has 8 nitrogen and oxygen atoms in total. The minimum atomic E-state index is -2.96. The number of carbonyl (C=O) groups excluding carboxylic acids is 3. The Hall–Kier alpha value is -4.59. The number of para-hydroxylation sites is 1. The Bertz CT molecular complexity index is 1520. The maximum absolute atomic E-state index is 13.3. The van der Waals surface area contributed by atoms with Gasteiger partial charge in [-0.15, -0.1) is 0 Å². The summed E-state index contributed by atoms with van der Waals surface area (Å²) in [4.78, 5) is 38.8. The third kappa shape index (κ3) is 6.49. The number of thioether (sulfide) groups is 1. The Kier molecular flexibility index (Phi) is 10.00. The molecular formula is C34H32N2O6PS+. The van der Waals surface area contributed by atoms with Gasteiger partial charge in [0.15, 0.2) is 18.5 Å². The summed E-state index contributed by atoms with van der Waals surface area (Å²) in [6.07, 6.45) is 0. The number of ether oxygens (including phenoxy) is 2. The maximum Gasteiger partial charge on any atom is 0.378 e. The first-order valence-corrected chi connectivity index (χ1v) is 16.7. The molecule has 0 unspecified atom stereocenters. The molecule has 2 amide bonds. The summed E-state index contributed by atoms with van der Waals surface area (Å²) < 4.78 is 11.2. The summed E-state index contributed by atoms with van der Waals surface area (Å²) in [5.74, 6) is -1.74. The van der Waals surface area contributed by atoms with Crippen molar-refractivity contribution in [1.82, 2.24) is 10.6 Å². The summed E-state index contributed by atoms with van der Waals surface area (Å²) in [5.41, 5.74) is 0. The number of hydrogen-bond donors (Lipinski definition) is 3. The fourth-order valence-electron chi connectivity index (χ4n) is 4.93. The van der Waals surface area contributed by atoms with Crippen LogP contribution in [0.1, 0.15) is 6.92 Å². The predicted octanol–water partition coefficient (Wildman–Crippen LogP) is 4.02. The third-order valence-corrected chi connectivity index (χ3v) is 13.2. The number of esters is 1. The Morgan fingerprint density at radius 2 is 1.30 bits per heavy atom. The molecule has 1 saturated heterocycles. The van der Waals surface area contributed by atoms with Crippen molar-refractivity contribution in [2.75, 3.05) is 13.2 Å². The van der Waals surface area contributed by atoms with Crippen LogP contribution in [0.25, 0.3) is 0 Å². The second-order valence-electron chi connectivity index (χ2n) is 9.75. The zero-order chi connectivity index (χ0) is 30.9. The number of aliphatic hydroxyl groups is 1. The van der Waals surface area contributed by atoms with E-state index in [1.165, 1.54) is 0 Å². The van der Waals surface area contributed by atoms with Crippen LogP contribution < -0.4 is 31.3 Å². The Balaban J connectivity index is 1.58. The first-order valence-electron chi connectivity index (χ1n) is 14.1. The molecule has 0 aromatic heterocycles. The molecule has 44 heavy (non-hydrogen) atoms. The van der Waals surface area contributed by atoms with Crippen LogP contribution in [-0.4, -0.2) is 47.5 Å². The maximum atomic E-state index is 13.3. The van der Waals surface area contributed by atoms with Crippen LogP contribution in [0.3, 0.4) is 0 Å². The fraction of sp³-hybridized carbons (Fsp3) is 0.147. The molecule has 1 heterocycles. The molecule has 4 aromatic carbocycles. The number of hydrogen-bond acceptors (Lipinski definition) is 7. The average Bonchev–Trinajstić information content (AvgIpc) is 3.07. The van der Waals surface area contributed by atoms with Crippen molar-refractivity contribution in [1.29, 1.82) is 0 Å². The molecule has 0 saturated carbocycles. The topological polar surface area (TPSA) is 114 Å². The summed E-state index contributed by atoms with van der Waals surface area (Å²) in [7, 11) is -2.96. The normalized spacial score (nSPS) is 16.5. The number of rotatable bonds is 12. The van der Waals surface area contributed by atoms with Crippen molar-refractivity contribution in [3.8, 4) is 5.75 Å². The van der Waals surface area contributed by atoms with Gasteiger partial charge in [-0.1, -0.05) is 84.6 Å². The molecule has 0 radical (unpaired) electrons. The highest BCUT2D eigenvalue weighted by Gasteiger charge is 2.56. The summed E-state index contributed by atoms with van der Waals surface area (Å²) >= 11 is 1.14. The van der Waals surface area contributed by atoms with Crippen LogP contribution in [0.4, 0.5) is 0 Å². The molecule has 0 spiro atoms. The van der Waals surface area contributed by atoms with Gasteiger partial charge in [0, 0.05) is 0 Å². The van der Waals surface area contributed by atoms with E-state index >= 15 is 0 Å². The molecule has 3 N–H and O–H groups in total. The molecule has 5 rings (SSSR count). The molecule has 1 fully saturated rings. The summed E-state index contributed by atoms with van der Waals surface area (Å²) in [6, 6.07) is 37.1. The van der Waals surface area contributed by atoms with Gasteiger partial charge in [-0.25, -0.2) is 4.79 Å².